The van der Waals surface area contributed by atoms with Crippen molar-refractivity contribution in [1.29, 1.82) is 0 Å². The van der Waals surface area contributed by atoms with E-state index in [1.807, 2.05) is 18.2 Å². The van der Waals surface area contributed by atoms with Gasteiger partial charge in [-0.2, -0.15) is 0 Å². The third kappa shape index (κ3) is 8.51. The van der Waals surface area contributed by atoms with Gasteiger partial charge in [-0.3, -0.25) is 14.7 Å². The molecule has 1 amide bonds. The maximum absolute atomic E-state index is 11.5. The Hall–Kier alpha value is -2.33. The molecular weight excluding hydrogens is 529 g/mol. The van der Waals surface area contributed by atoms with Gasteiger partial charge in [0.2, 0.25) is 5.91 Å². The molecule has 33 heavy (non-hydrogen) atoms. The number of nitrogens with one attached hydrogen (secondary N) is 2. The average molecular weight is 566 g/mol. The third-order valence-corrected chi connectivity index (χ3v) is 5.87. The van der Waals surface area contributed by atoms with Gasteiger partial charge in [0.1, 0.15) is 5.75 Å². The summed E-state index contributed by atoms with van der Waals surface area (Å²) in [6.07, 6.45) is 2.77. The Morgan fingerprint density at radius 3 is 2.73 bits per heavy atom. The second-order valence-corrected chi connectivity index (χ2v) is 8.21. The molecule has 2 aromatic rings. The third-order valence-electron chi connectivity index (χ3n) is 5.87. The van der Waals surface area contributed by atoms with Gasteiger partial charge < -0.3 is 21.1 Å². The van der Waals surface area contributed by atoms with E-state index in [0.717, 1.165) is 57.2 Å². The molecule has 3 rings (SSSR count). The van der Waals surface area contributed by atoms with Crippen molar-refractivity contribution in [3.8, 4) is 5.75 Å². The van der Waals surface area contributed by atoms with Gasteiger partial charge in [0.25, 0.3) is 0 Å². The number of nitrogens with zero attached hydrogens (tertiary/aromatic N) is 2. The number of hydrogen-bond donors (Lipinski definition) is 3. The van der Waals surface area contributed by atoms with Crippen LogP contribution in [0.2, 0.25) is 0 Å². The maximum atomic E-state index is 11.5. The predicted octanol–water partition coefficient (Wildman–Crippen LogP) is 2.92. The van der Waals surface area contributed by atoms with Crippen molar-refractivity contribution < 1.29 is 9.53 Å². The lowest BCUT2D eigenvalue weighted by Crippen LogP contribution is -2.40. The highest BCUT2D eigenvalue weighted by Gasteiger charge is 2.23. The van der Waals surface area contributed by atoms with Gasteiger partial charge >= 0.3 is 0 Å². The van der Waals surface area contributed by atoms with Crippen LogP contribution < -0.4 is 21.1 Å². The first-order valence-electron chi connectivity index (χ1n) is 11.2. The number of ether oxygens (including phenoxy) is 1. The van der Waals surface area contributed by atoms with E-state index in [-0.39, 0.29) is 35.8 Å². The fourth-order valence-electron chi connectivity index (χ4n) is 4.16. The minimum atomic E-state index is -0.183. The number of nitrogens with two attached hydrogens (primary N) is 1. The Morgan fingerprint density at radius 1 is 1.18 bits per heavy atom. The van der Waals surface area contributed by atoms with E-state index in [1.165, 1.54) is 16.7 Å². The number of primary amides is 1. The highest BCUT2D eigenvalue weighted by molar-refractivity contribution is 14.0. The molecule has 1 saturated heterocycles. The number of methoxy groups -OCH3 is 1. The zero-order valence-corrected chi connectivity index (χ0v) is 21.9. The SMILES string of the molecule is CN=C(NCCc1ccccc1OC)NCc1cccc(CN2CCCC(C(N)=O)C2)c1.I. The van der Waals surface area contributed by atoms with Crippen molar-refractivity contribution >= 4 is 35.8 Å². The number of hydrogen-bond acceptors (Lipinski definition) is 4. The van der Waals surface area contributed by atoms with Crippen LogP contribution in [-0.4, -0.2) is 50.6 Å². The lowest BCUT2D eigenvalue weighted by Gasteiger charge is -2.31. The Bertz CT molecular complexity index is 921. The van der Waals surface area contributed by atoms with Gasteiger partial charge in [0.05, 0.1) is 13.0 Å². The topological polar surface area (TPSA) is 92.0 Å². The number of carbonyl (C=O) groups is 1. The summed E-state index contributed by atoms with van der Waals surface area (Å²) in [4.78, 5) is 18.2. The zero-order valence-electron chi connectivity index (χ0n) is 19.5. The molecule has 0 aromatic heterocycles. The molecule has 0 spiro atoms. The first kappa shape index (κ1) is 26.9. The first-order chi connectivity index (χ1) is 15.6. The van der Waals surface area contributed by atoms with Crippen LogP contribution >= 0.6 is 24.0 Å². The number of aliphatic imine (C=N–C) groups is 1. The van der Waals surface area contributed by atoms with Crippen LogP contribution in [0, 0.1) is 5.92 Å². The number of benzene rings is 2. The van der Waals surface area contributed by atoms with Crippen LogP contribution in [-0.2, 0) is 24.3 Å². The second kappa shape index (κ2) is 14.0. The van der Waals surface area contributed by atoms with E-state index >= 15 is 0 Å². The summed E-state index contributed by atoms with van der Waals surface area (Å²) in [7, 11) is 3.47. The number of carbonyl (C=O) groups excluding carboxylic acids is 1. The van der Waals surface area contributed by atoms with Gasteiger partial charge in [0, 0.05) is 33.2 Å². The van der Waals surface area contributed by atoms with E-state index < -0.39 is 0 Å². The average Bonchev–Trinajstić information content (AvgIpc) is 2.82. The number of guanidine groups is 1. The van der Waals surface area contributed by atoms with Crippen molar-refractivity contribution in [3.05, 3.63) is 65.2 Å². The van der Waals surface area contributed by atoms with Crippen LogP contribution in [0.3, 0.4) is 0 Å². The smallest absolute Gasteiger partial charge is 0.221 e. The van der Waals surface area contributed by atoms with Crippen LogP contribution in [0.15, 0.2) is 53.5 Å². The Balaban J connectivity index is 0.00000385. The zero-order chi connectivity index (χ0) is 22.8. The van der Waals surface area contributed by atoms with Crippen molar-refractivity contribution in [2.24, 2.45) is 16.6 Å². The molecule has 1 unspecified atom stereocenters. The summed E-state index contributed by atoms with van der Waals surface area (Å²) < 4.78 is 5.42. The molecule has 0 bridgehead atoms. The van der Waals surface area contributed by atoms with Crippen molar-refractivity contribution in [1.82, 2.24) is 15.5 Å². The molecule has 0 aliphatic carbocycles. The van der Waals surface area contributed by atoms with Gasteiger partial charge in [-0.15, -0.1) is 24.0 Å². The lowest BCUT2D eigenvalue weighted by molar-refractivity contribution is -0.123. The minimum Gasteiger partial charge on any atom is -0.496 e. The standard InChI is InChI=1S/C25H35N5O2.HI/c1-27-25(28-13-12-21-9-3-4-11-23(21)32-2)29-16-19-7-5-8-20(15-19)17-30-14-6-10-22(18-30)24(26)31;/h3-5,7-9,11,15,22H,6,10,12-14,16-18H2,1-2H3,(H2,26,31)(H2,27,28,29);1H. The summed E-state index contributed by atoms with van der Waals surface area (Å²) in [5.74, 6) is 1.46. The Morgan fingerprint density at radius 2 is 1.97 bits per heavy atom. The Labute approximate surface area is 214 Å². The molecule has 0 saturated carbocycles. The van der Waals surface area contributed by atoms with E-state index in [1.54, 1.807) is 14.2 Å². The molecule has 0 radical (unpaired) electrons. The molecule has 4 N–H and O–H groups in total. The summed E-state index contributed by atoms with van der Waals surface area (Å²) in [6.45, 7) is 4.04. The maximum Gasteiger partial charge on any atom is 0.221 e. The number of piperidine rings is 1. The minimum absolute atomic E-state index is 0. The molecule has 8 heteroatoms. The summed E-state index contributed by atoms with van der Waals surface area (Å²) in [5, 5.41) is 6.75. The Kier molecular flexibility index (Phi) is 11.5. The van der Waals surface area contributed by atoms with E-state index in [4.69, 9.17) is 10.5 Å². The van der Waals surface area contributed by atoms with Crippen molar-refractivity contribution in [3.63, 3.8) is 0 Å². The van der Waals surface area contributed by atoms with E-state index in [9.17, 15) is 4.79 Å². The van der Waals surface area contributed by atoms with Gasteiger partial charge in [0.15, 0.2) is 5.96 Å². The quantitative estimate of drug-likeness (QED) is 0.247. The monoisotopic (exact) mass is 565 g/mol. The van der Waals surface area contributed by atoms with Gasteiger partial charge in [-0.1, -0.05) is 42.5 Å². The fourth-order valence-corrected chi connectivity index (χ4v) is 4.16. The van der Waals surface area contributed by atoms with Crippen LogP contribution in [0.1, 0.15) is 29.5 Å². The second-order valence-electron chi connectivity index (χ2n) is 8.21. The molecule has 7 nitrogen and oxygen atoms in total. The summed E-state index contributed by atoms with van der Waals surface area (Å²) in [5.41, 5.74) is 9.12. The molecule has 1 heterocycles. The molecule has 180 valence electrons. The number of likely N-dealkylation sites (tertiary alicyclic amines) is 1. The van der Waals surface area contributed by atoms with Crippen LogP contribution in [0.5, 0.6) is 5.75 Å². The van der Waals surface area contributed by atoms with E-state index in [2.05, 4.69) is 50.9 Å². The van der Waals surface area contributed by atoms with Gasteiger partial charge in [-0.05, 0) is 48.6 Å². The molecule has 1 aliphatic rings. The largest absolute Gasteiger partial charge is 0.496 e. The molecule has 2 aromatic carbocycles. The number of halogens is 1. The summed E-state index contributed by atoms with van der Waals surface area (Å²) in [6, 6.07) is 16.6. The fraction of sp³-hybridized carbons (Fsp3) is 0.440. The normalized spacial score (nSPS) is 16.5. The van der Waals surface area contributed by atoms with Crippen LogP contribution in [0.4, 0.5) is 0 Å². The number of rotatable bonds is 9. The molecular formula is C25H36IN5O2. The van der Waals surface area contributed by atoms with Crippen molar-refractivity contribution in [2.75, 3.05) is 33.8 Å². The highest BCUT2D eigenvalue weighted by Crippen LogP contribution is 2.19. The van der Waals surface area contributed by atoms with Gasteiger partial charge in [-0.25, -0.2) is 0 Å². The predicted molar refractivity (Wildman–Crippen MR) is 144 cm³/mol. The lowest BCUT2D eigenvalue weighted by atomic mass is 9.97. The van der Waals surface area contributed by atoms with E-state index in [0.29, 0.717) is 6.54 Å². The van der Waals surface area contributed by atoms with Crippen molar-refractivity contribution in [2.45, 2.75) is 32.4 Å². The molecule has 1 fully saturated rings. The number of amides is 1. The van der Waals surface area contributed by atoms with Crippen LogP contribution in [0.25, 0.3) is 0 Å². The summed E-state index contributed by atoms with van der Waals surface area (Å²) >= 11 is 0. The first-order valence-corrected chi connectivity index (χ1v) is 11.2. The molecule has 1 aliphatic heterocycles. The molecule has 1 atom stereocenters. The highest BCUT2D eigenvalue weighted by atomic mass is 127. The number of para-hydroxylation sites is 1.